The fourth-order valence-electron chi connectivity index (χ4n) is 22.5. The highest BCUT2D eigenvalue weighted by molar-refractivity contribution is 6.17. The zero-order valence-corrected chi connectivity index (χ0v) is 77.6. The predicted octanol–water partition coefficient (Wildman–Crippen LogP) is 30.0. The molecule has 14 nitrogen and oxygen atoms in total. The van der Waals surface area contributed by atoms with Gasteiger partial charge in [-0.25, -0.2) is 59.8 Å². The molecule has 6 aliphatic rings. The Morgan fingerprint density at radius 1 is 0.132 bits per heavy atom. The second kappa shape index (κ2) is 34.5. The molecule has 19 aromatic carbocycles. The predicted molar refractivity (Wildman–Crippen MR) is 575 cm³/mol. The molecule has 0 spiro atoms. The lowest BCUT2D eigenvalue weighted by Crippen LogP contribution is -2.27. The molecular formula is C130H82N14. The van der Waals surface area contributed by atoms with Crippen LogP contribution in [-0.4, -0.2) is 68.9 Å². The minimum Gasteiger partial charge on any atom is -0.309 e. The Morgan fingerprint density at radius 2 is 0.333 bits per heavy atom. The summed E-state index contributed by atoms with van der Waals surface area (Å²) >= 11 is 0. The highest BCUT2D eigenvalue weighted by Gasteiger charge is 2.44. The van der Waals surface area contributed by atoms with E-state index in [2.05, 4.69) is 349 Å². The van der Waals surface area contributed by atoms with Crippen LogP contribution in [0.4, 0.5) is 0 Å². The quantitative estimate of drug-likeness (QED) is 0.0955. The minimum atomic E-state index is 0.0103. The van der Waals surface area contributed by atoms with Crippen molar-refractivity contribution >= 4 is 43.6 Å². The van der Waals surface area contributed by atoms with Crippen LogP contribution in [0.25, 0.3) is 203 Å². The lowest BCUT2D eigenvalue weighted by Gasteiger charge is -2.42. The Labute approximate surface area is 829 Å². The van der Waals surface area contributed by atoms with Crippen molar-refractivity contribution in [1.29, 1.82) is 0 Å². The second-order valence-corrected chi connectivity index (χ2v) is 37.1. The molecule has 6 aliphatic carbocycles. The Balaban J connectivity index is 0.000000141. The first kappa shape index (κ1) is 83.0. The van der Waals surface area contributed by atoms with Gasteiger partial charge in [-0.3, -0.25) is 0 Å². The van der Waals surface area contributed by atoms with E-state index in [1.165, 1.54) is 94.1 Å². The average molecular weight is 1840 g/mol. The van der Waals surface area contributed by atoms with Crippen LogP contribution in [0, 0.1) is 0 Å². The summed E-state index contributed by atoms with van der Waals surface area (Å²) in [6.07, 6.45) is 0. The number of aromatic nitrogens is 14. The van der Waals surface area contributed by atoms with Crippen LogP contribution < -0.4 is 0 Å². The van der Waals surface area contributed by atoms with Gasteiger partial charge in [-0.2, -0.15) is 0 Å². The van der Waals surface area contributed by atoms with E-state index in [1.807, 2.05) is 133 Å². The number of nitrogens with zero attached hydrogens (tertiary/aromatic N) is 14. The Hall–Kier alpha value is -19.2. The van der Waals surface area contributed by atoms with Crippen molar-refractivity contribution in [2.45, 2.75) is 23.7 Å². The van der Waals surface area contributed by atoms with Gasteiger partial charge >= 0.3 is 0 Å². The van der Waals surface area contributed by atoms with E-state index in [0.29, 0.717) is 69.9 Å². The van der Waals surface area contributed by atoms with E-state index < -0.39 is 0 Å². The molecule has 4 unspecified atom stereocenters. The van der Waals surface area contributed by atoms with Crippen LogP contribution in [0.5, 0.6) is 0 Å². The molecule has 0 aliphatic heterocycles. The molecule has 4 atom stereocenters. The topological polar surface area (TPSA) is 165 Å². The second-order valence-electron chi connectivity index (χ2n) is 37.1. The normalized spacial score (nSPS) is 14.2. The number of rotatable bonds is 15. The smallest absolute Gasteiger partial charge is 0.164 e. The standard InChI is InChI=1S/C68H43N7.C62H39N7/c1-5-18-43(19-6-1)63-69-64(44-20-7-2-8-21-44)72-67(71-63)47-36-38-53-56(40-47)60-51-26-13-14-27-52(51)61(53)57-41-48(37-39-54(57)60)68-73-65(45-22-9-3-10-23-45)70-66(74-68)46-34-32-42(33-35-46)50-29-17-31-59-62(50)55-28-15-16-30-58(55)75(59)49-24-11-4-12-25-49;1-5-18-38(19-6-1)57-63-58(39-20-7-2-8-21-39)65-60(64-57)41-32-34-46-50(36-41)54-44-26-13-14-27-45(44)55(46)51-37-42(33-35-47(51)54)61-66-59(40-22-9-3-10-23-40)67-62(68-61)49-29-17-31-53-56(49)48-28-15-16-30-52(48)69(53)43-24-11-4-12-25-43/h1-41,60-61H;1-37,54-55H. The van der Waals surface area contributed by atoms with E-state index in [4.69, 9.17) is 59.8 Å². The molecule has 6 heterocycles. The first-order valence-corrected chi connectivity index (χ1v) is 48.8. The first-order chi connectivity index (χ1) is 71.4. The van der Waals surface area contributed by atoms with Crippen molar-refractivity contribution in [3.8, 4) is 159 Å². The van der Waals surface area contributed by atoms with Gasteiger partial charge in [-0.1, -0.05) is 400 Å². The summed E-state index contributed by atoms with van der Waals surface area (Å²) < 4.78 is 4.70. The minimum absolute atomic E-state index is 0.0103. The molecule has 14 heteroatoms. The van der Waals surface area contributed by atoms with Gasteiger partial charge in [0.2, 0.25) is 0 Å². The van der Waals surface area contributed by atoms with Gasteiger partial charge in [0, 0.05) is 123 Å². The highest BCUT2D eigenvalue weighted by atomic mass is 15.1. The Kier molecular flexibility index (Phi) is 19.9. The number of para-hydroxylation sites is 4. The molecule has 0 fully saturated rings. The summed E-state index contributed by atoms with van der Waals surface area (Å²) in [5, 5.41) is 4.69. The van der Waals surface area contributed by atoms with Crippen molar-refractivity contribution < 1.29 is 0 Å². The first-order valence-electron chi connectivity index (χ1n) is 48.8. The number of hydrogen-bond donors (Lipinski definition) is 0. The lowest BCUT2D eigenvalue weighted by atomic mass is 9.61. The van der Waals surface area contributed by atoms with E-state index in [0.717, 1.165) is 106 Å². The van der Waals surface area contributed by atoms with Crippen molar-refractivity contribution in [3.63, 3.8) is 0 Å². The van der Waals surface area contributed by atoms with Crippen LogP contribution in [0.1, 0.15) is 90.4 Å². The molecule has 144 heavy (non-hydrogen) atoms. The molecule has 25 aromatic rings. The van der Waals surface area contributed by atoms with Gasteiger partial charge in [0.1, 0.15) is 0 Å². The van der Waals surface area contributed by atoms with E-state index >= 15 is 0 Å². The van der Waals surface area contributed by atoms with Crippen molar-refractivity contribution in [2.75, 3.05) is 0 Å². The molecule has 672 valence electrons. The number of benzene rings is 19. The molecular weight excluding hydrogens is 1760 g/mol. The SMILES string of the molecule is c1ccc(-c2nc(-c3ccccc3)nc(-c3ccc4c(c3)C3c5ccccc5C4c4cc(-c5nc(-c6ccccc6)nc(-c6ccc(-c7cccc8c7c7ccccc7n8-c7ccccc7)cc6)n5)ccc43)n2)cc1.c1ccc(-c2nc(-c3ccccc3)nc(-c3ccc4c(c3)C3c5ccccc5C4c4cc(-c5nc(-c6ccccc6)nc(-c6cccc7c6c6ccccc6n7-c6ccccc6)n5)ccc43)n2)cc1. The maximum Gasteiger partial charge on any atom is 0.164 e. The summed E-state index contributed by atoms with van der Waals surface area (Å²) in [5.74, 6) is 7.72. The lowest BCUT2D eigenvalue weighted by molar-refractivity contribution is 0.754. The van der Waals surface area contributed by atoms with Gasteiger partial charge in [0.15, 0.2) is 69.9 Å². The van der Waals surface area contributed by atoms with Crippen LogP contribution >= 0.6 is 0 Å². The Morgan fingerprint density at radius 3 is 0.625 bits per heavy atom. The molecule has 0 saturated heterocycles. The Bertz CT molecular complexity index is 9280. The van der Waals surface area contributed by atoms with Crippen LogP contribution in [0.15, 0.2) is 473 Å². The van der Waals surface area contributed by atoms with Crippen molar-refractivity contribution in [2.24, 2.45) is 0 Å². The summed E-state index contributed by atoms with van der Waals surface area (Å²) in [4.78, 5) is 61.9. The zero-order valence-electron chi connectivity index (χ0n) is 77.6. The average Bonchev–Trinajstić information content (AvgIpc) is 0.722. The molecule has 0 amide bonds. The third-order valence-corrected chi connectivity index (χ3v) is 29.0. The van der Waals surface area contributed by atoms with Gasteiger partial charge in [-0.15, -0.1) is 0 Å². The third kappa shape index (κ3) is 14.2. The molecule has 0 N–H and O–H groups in total. The summed E-state index contributed by atoms with van der Waals surface area (Å²) in [6, 6.07) is 166. The van der Waals surface area contributed by atoms with Gasteiger partial charge in [-0.05, 0) is 151 Å². The van der Waals surface area contributed by atoms with E-state index in [-0.39, 0.29) is 23.7 Å². The van der Waals surface area contributed by atoms with Crippen molar-refractivity contribution in [3.05, 3.63) is 540 Å². The highest BCUT2D eigenvalue weighted by Crippen LogP contribution is 2.59. The van der Waals surface area contributed by atoms with Crippen LogP contribution in [-0.2, 0) is 0 Å². The van der Waals surface area contributed by atoms with Gasteiger partial charge in [0.05, 0.1) is 22.1 Å². The van der Waals surface area contributed by atoms with E-state index in [1.54, 1.807) is 0 Å². The van der Waals surface area contributed by atoms with Gasteiger partial charge < -0.3 is 9.13 Å². The fraction of sp³-hybridized carbons (Fsp3) is 0.0308. The van der Waals surface area contributed by atoms with Crippen LogP contribution in [0.2, 0.25) is 0 Å². The fourth-order valence-corrected chi connectivity index (χ4v) is 22.5. The van der Waals surface area contributed by atoms with Crippen molar-refractivity contribution in [1.82, 2.24) is 68.9 Å². The molecule has 6 aromatic heterocycles. The monoisotopic (exact) mass is 1840 g/mol. The largest absolute Gasteiger partial charge is 0.309 e. The zero-order chi connectivity index (χ0) is 94.8. The molecule has 0 saturated carbocycles. The summed E-state index contributed by atoms with van der Waals surface area (Å²) in [5.41, 5.74) is 36.0. The van der Waals surface area contributed by atoms with Crippen LogP contribution in [0.3, 0.4) is 0 Å². The molecule has 31 rings (SSSR count). The number of hydrogen-bond acceptors (Lipinski definition) is 12. The maximum absolute atomic E-state index is 5.39. The third-order valence-electron chi connectivity index (χ3n) is 29.0. The summed E-state index contributed by atoms with van der Waals surface area (Å²) in [6.45, 7) is 0. The maximum atomic E-state index is 5.39. The molecule has 4 bridgehead atoms. The van der Waals surface area contributed by atoms with Gasteiger partial charge in [0.25, 0.3) is 0 Å². The molecule has 0 radical (unpaired) electrons. The number of fused-ring (bicyclic) bond motifs is 6. The van der Waals surface area contributed by atoms with E-state index in [9.17, 15) is 0 Å². The summed E-state index contributed by atoms with van der Waals surface area (Å²) in [7, 11) is 0.